The van der Waals surface area contributed by atoms with Crippen LogP contribution in [0.25, 0.3) is 0 Å². The summed E-state index contributed by atoms with van der Waals surface area (Å²) in [5.41, 5.74) is -1.25. The molecule has 0 spiro atoms. The molecule has 114 valence electrons. The molecule has 0 aliphatic heterocycles. The van der Waals surface area contributed by atoms with E-state index >= 15 is 0 Å². The van der Waals surface area contributed by atoms with Crippen molar-refractivity contribution < 1.29 is 18.0 Å². The average Bonchev–Trinajstić information content (AvgIpc) is 2.34. The minimum absolute atomic E-state index is 0.119. The molecule has 0 atom stereocenters. The lowest BCUT2D eigenvalue weighted by atomic mass is 9.95. The van der Waals surface area contributed by atoms with Gasteiger partial charge < -0.3 is 5.32 Å². The summed E-state index contributed by atoms with van der Waals surface area (Å²) in [4.78, 5) is 15.2. The largest absolute Gasteiger partial charge is 0.418 e. The Labute approximate surface area is 126 Å². The van der Waals surface area contributed by atoms with Crippen LogP contribution in [0.3, 0.4) is 0 Å². The topological polar surface area (TPSA) is 41.5 Å². The lowest BCUT2D eigenvalue weighted by molar-refractivity contribution is -0.137. The number of amides is 1. The van der Waals surface area contributed by atoms with E-state index in [4.69, 9.17) is 0 Å². The maximum Gasteiger partial charge on any atom is 0.418 e. The number of alkyl halides is 3. The third-order valence-electron chi connectivity index (χ3n) is 2.67. The van der Waals surface area contributed by atoms with E-state index in [1.54, 1.807) is 20.8 Å². The molecule has 0 unspecified atom stereocenters. The maximum absolute atomic E-state index is 12.8. The summed E-state index contributed by atoms with van der Waals surface area (Å²) in [6.07, 6.45) is -4.52. The number of rotatable bonds is 3. The first-order valence-electron chi connectivity index (χ1n) is 6.12. The van der Waals surface area contributed by atoms with Crippen LogP contribution in [0.1, 0.15) is 31.9 Å². The number of thiocarbonyl (C=S) groups is 1. The van der Waals surface area contributed by atoms with Crippen molar-refractivity contribution in [1.29, 1.82) is 0 Å². The van der Waals surface area contributed by atoms with Crippen molar-refractivity contribution in [3.05, 3.63) is 29.3 Å². The Balaban J connectivity index is 3.00. The molecular formula is C14H15F3N2OS. The van der Waals surface area contributed by atoms with Crippen LogP contribution >= 0.6 is 12.2 Å². The van der Waals surface area contributed by atoms with Gasteiger partial charge in [0.15, 0.2) is 0 Å². The third-order valence-corrected chi connectivity index (χ3v) is 2.76. The maximum atomic E-state index is 12.8. The van der Waals surface area contributed by atoms with Crippen LogP contribution in [-0.2, 0) is 17.5 Å². The monoisotopic (exact) mass is 316 g/mol. The van der Waals surface area contributed by atoms with E-state index in [-0.39, 0.29) is 18.1 Å². The van der Waals surface area contributed by atoms with E-state index in [1.807, 2.05) is 5.16 Å². The Kier molecular flexibility index (Phi) is 5.25. The number of halogens is 3. The van der Waals surface area contributed by atoms with Gasteiger partial charge in [0.05, 0.1) is 16.4 Å². The Morgan fingerprint density at radius 1 is 1.33 bits per heavy atom. The van der Waals surface area contributed by atoms with Crippen molar-refractivity contribution in [3.63, 3.8) is 0 Å². The molecule has 1 aromatic carbocycles. The van der Waals surface area contributed by atoms with Gasteiger partial charge >= 0.3 is 6.18 Å². The molecule has 1 amide bonds. The lowest BCUT2D eigenvalue weighted by Gasteiger charge is -2.18. The van der Waals surface area contributed by atoms with Crippen molar-refractivity contribution in [1.82, 2.24) is 5.32 Å². The number of carbonyl (C=O) groups is 1. The molecule has 21 heavy (non-hydrogen) atoms. The van der Waals surface area contributed by atoms with Gasteiger partial charge in [-0.3, -0.25) is 4.79 Å². The quantitative estimate of drug-likeness (QED) is 0.674. The molecule has 1 N–H and O–H groups in total. The van der Waals surface area contributed by atoms with E-state index in [2.05, 4.69) is 22.5 Å². The van der Waals surface area contributed by atoms with Crippen LogP contribution in [0.5, 0.6) is 0 Å². The highest BCUT2D eigenvalue weighted by Gasteiger charge is 2.33. The predicted molar refractivity (Wildman–Crippen MR) is 77.4 cm³/mol. The van der Waals surface area contributed by atoms with Gasteiger partial charge in [0.25, 0.3) is 0 Å². The molecule has 0 heterocycles. The van der Waals surface area contributed by atoms with Crippen molar-refractivity contribution in [2.75, 3.05) is 0 Å². The van der Waals surface area contributed by atoms with E-state index < -0.39 is 17.2 Å². The Morgan fingerprint density at radius 3 is 2.43 bits per heavy atom. The Hall–Kier alpha value is -1.72. The van der Waals surface area contributed by atoms with Gasteiger partial charge in [-0.2, -0.15) is 18.2 Å². The molecule has 0 aromatic heterocycles. The van der Waals surface area contributed by atoms with E-state index in [0.717, 1.165) is 6.07 Å². The number of benzene rings is 1. The summed E-state index contributed by atoms with van der Waals surface area (Å²) < 4.78 is 38.3. The van der Waals surface area contributed by atoms with Crippen molar-refractivity contribution in [2.45, 2.75) is 33.5 Å². The van der Waals surface area contributed by atoms with Gasteiger partial charge in [0.2, 0.25) is 5.91 Å². The van der Waals surface area contributed by atoms with Gasteiger partial charge in [-0.1, -0.05) is 26.8 Å². The SMILES string of the molecule is CC(C)(C)C(=O)NCc1ccc(C(F)(F)F)c(N=C=S)c1. The average molecular weight is 316 g/mol. The summed E-state index contributed by atoms with van der Waals surface area (Å²) in [7, 11) is 0. The summed E-state index contributed by atoms with van der Waals surface area (Å²) in [6, 6.07) is 3.46. The van der Waals surface area contributed by atoms with Crippen LogP contribution < -0.4 is 5.32 Å². The fourth-order valence-electron chi connectivity index (χ4n) is 1.52. The van der Waals surface area contributed by atoms with Crippen LogP contribution in [0.15, 0.2) is 23.2 Å². The third kappa shape index (κ3) is 4.95. The number of aliphatic imine (C=N–C) groups is 1. The Bertz CT molecular complexity index is 585. The first-order valence-corrected chi connectivity index (χ1v) is 6.53. The summed E-state index contributed by atoms with van der Waals surface area (Å²) in [5.74, 6) is -0.192. The van der Waals surface area contributed by atoms with Gasteiger partial charge in [0, 0.05) is 12.0 Å². The number of isothiocyanates is 1. The first kappa shape index (κ1) is 17.3. The van der Waals surface area contributed by atoms with Crippen LogP contribution in [0, 0.1) is 5.41 Å². The second-order valence-electron chi connectivity index (χ2n) is 5.49. The van der Waals surface area contributed by atoms with Gasteiger partial charge in [-0.15, -0.1) is 0 Å². The predicted octanol–water partition coefficient (Wildman–Crippen LogP) is 4.10. The highest BCUT2D eigenvalue weighted by Crippen LogP contribution is 2.36. The fraction of sp³-hybridized carbons (Fsp3) is 0.429. The minimum atomic E-state index is -4.52. The zero-order valence-electron chi connectivity index (χ0n) is 11.8. The molecule has 0 aliphatic rings. The number of hydrogen-bond donors (Lipinski definition) is 1. The summed E-state index contributed by atoms with van der Waals surface area (Å²) in [6.45, 7) is 5.36. The summed E-state index contributed by atoms with van der Waals surface area (Å²) >= 11 is 4.36. The number of carbonyl (C=O) groups excluding carboxylic acids is 1. The van der Waals surface area contributed by atoms with E-state index in [0.29, 0.717) is 5.56 Å². The van der Waals surface area contributed by atoms with Crippen molar-refractivity contribution >= 4 is 29.0 Å². The second kappa shape index (κ2) is 6.37. The van der Waals surface area contributed by atoms with Crippen molar-refractivity contribution in [3.8, 4) is 0 Å². The van der Waals surface area contributed by atoms with E-state index in [1.165, 1.54) is 12.1 Å². The van der Waals surface area contributed by atoms with Gasteiger partial charge in [-0.25, -0.2) is 0 Å². The molecule has 0 saturated carbocycles. The molecule has 0 bridgehead atoms. The second-order valence-corrected chi connectivity index (χ2v) is 5.67. The smallest absolute Gasteiger partial charge is 0.352 e. The van der Waals surface area contributed by atoms with Crippen LogP contribution in [0.4, 0.5) is 18.9 Å². The zero-order valence-corrected chi connectivity index (χ0v) is 12.7. The summed E-state index contributed by atoms with van der Waals surface area (Å²) in [5, 5.41) is 4.59. The lowest BCUT2D eigenvalue weighted by Crippen LogP contribution is -2.34. The minimum Gasteiger partial charge on any atom is -0.352 e. The molecule has 0 saturated heterocycles. The zero-order chi connectivity index (χ0) is 16.3. The molecule has 3 nitrogen and oxygen atoms in total. The number of nitrogens with zero attached hydrogens (tertiary/aromatic N) is 1. The fourth-order valence-corrected chi connectivity index (χ4v) is 1.61. The normalized spacial score (nSPS) is 11.7. The highest BCUT2D eigenvalue weighted by atomic mass is 32.1. The highest BCUT2D eigenvalue weighted by molar-refractivity contribution is 7.78. The molecule has 0 radical (unpaired) electrons. The molecule has 7 heteroatoms. The molecule has 0 aliphatic carbocycles. The standard InChI is InChI=1S/C14H15F3N2OS/c1-13(2,3)12(20)18-7-9-4-5-10(14(15,16)17)11(6-9)19-8-21/h4-6H,7H2,1-3H3,(H,18,20). The first-order chi connectivity index (χ1) is 9.55. The van der Waals surface area contributed by atoms with Gasteiger partial charge in [0.1, 0.15) is 0 Å². The molecular weight excluding hydrogens is 301 g/mol. The number of nitrogens with one attached hydrogen (secondary N) is 1. The molecule has 1 rings (SSSR count). The van der Waals surface area contributed by atoms with Crippen LogP contribution in [0.2, 0.25) is 0 Å². The van der Waals surface area contributed by atoms with Crippen LogP contribution in [-0.4, -0.2) is 11.1 Å². The van der Waals surface area contributed by atoms with Gasteiger partial charge in [-0.05, 0) is 29.9 Å². The Morgan fingerprint density at radius 2 is 1.95 bits per heavy atom. The molecule has 1 aromatic rings. The molecule has 0 fully saturated rings. The van der Waals surface area contributed by atoms with Crippen molar-refractivity contribution in [2.24, 2.45) is 10.4 Å². The van der Waals surface area contributed by atoms with E-state index in [9.17, 15) is 18.0 Å². The number of hydrogen-bond acceptors (Lipinski definition) is 3.